The van der Waals surface area contributed by atoms with Crippen molar-refractivity contribution in [1.82, 2.24) is 4.90 Å². The lowest BCUT2D eigenvalue weighted by Gasteiger charge is -2.38. The van der Waals surface area contributed by atoms with Gasteiger partial charge in [0.1, 0.15) is 0 Å². The minimum Gasteiger partial charge on any atom is -0.377 e. The fourth-order valence-corrected chi connectivity index (χ4v) is 3.16. The van der Waals surface area contributed by atoms with Crippen molar-refractivity contribution in [3.05, 3.63) is 0 Å². The summed E-state index contributed by atoms with van der Waals surface area (Å²) in [5.41, 5.74) is 5.91. The molecular weight excluding hydrogens is 228 g/mol. The van der Waals surface area contributed by atoms with Crippen LogP contribution in [0.15, 0.2) is 0 Å². The van der Waals surface area contributed by atoms with Crippen LogP contribution < -0.4 is 5.73 Å². The average molecular weight is 254 g/mol. The molecule has 0 bridgehead atoms. The number of hydrogen-bond donors (Lipinski definition) is 1. The molecule has 4 nitrogen and oxygen atoms in total. The Kier molecular flexibility index (Phi) is 4.62. The molecule has 0 unspecified atom stereocenters. The SMILES string of the molecule is CC(C)C[C@@H]1COCCN1C(=O)[C@@H]1CC[C@@H](N)C1. The lowest BCUT2D eigenvalue weighted by molar-refractivity contribution is -0.144. The molecule has 0 radical (unpaired) electrons. The summed E-state index contributed by atoms with van der Waals surface area (Å²) >= 11 is 0. The number of morpholine rings is 1. The predicted molar refractivity (Wildman–Crippen MR) is 71.1 cm³/mol. The highest BCUT2D eigenvalue weighted by atomic mass is 16.5. The number of carbonyl (C=O) groups is 1. The van der Waals surface area contributed by atoms with Crippen LogP contribution in [0.25, 0.3) is 0 Å². The van der Waals surface area contributed by atoms with Gasteiger partial charge < -0.3 is 15.4 Å². The molecule has 1 saturated heterocycles. The van der Waals surface area contributed by atoms with Gasteiger partial charge in [0, 0.05) is 18.5 Å². The third kappa shape index (κ3) is 3.23. The van der Waals surface area contributed by atoms with Gasteiger partial charge in [0.2, 0.25) is 5.91 Å². The maximum Gasteiger partial charge on any atom is 0.226 e. The molecular formula is C14H26N2O2. The third-order valence-corrected chi connectivity index (χ3v) is 4.08. The van der Waals surface area contributed by atoms with Gasteiger partial charge in [0.05, 0.1) is 19.3 Å². The van der Waals surface area contributed by atoms with Gasteiger partial charge in [-0.15, -0.1) is 0 Å². The Hall–Kier alpha value is -0.610. The van der Waals surface area contributed by atoms with Crippen LogP contribution in [0.4, 0.5) is 0 Å². The summed E-state index contributed by atoms with van der Waals surface area (Å²) in [5.74, 6) is 1.07. The summed E-state index contributed by atoms with van der Waals surface area (Å²) in [6.07, 6.45) is 3.86. The van der Waals surface area contributed by atoms with Crippen molar-refractivity contribution in [3.63, 3.8) is 0 Å². The fourth-order valence-electron chi connectivity index (χ4n) is 3.16. The first kappa shape index (κ1) is 13.8. The first-order chi connectivity index (χ1) is 8.58. The summed E-state index contributed by atoms with van der Waals surface area (Å²) in [6, 6.07) is 0.492. The molecule has 0 spiro atoms. The van der Waals surface area contributed by atoms with Crippen molar-refractivity contribution in [2.75, 3.05) is 19.8 Å². The van der Waals surface area contributed by atoms with E-state index in [9.17, 15) is 4.79 Å². The number of carbonyl (C=O) groups excluding carboxylic acids is 1. The van der Waals surface area contributed by atoms with Gasteiger partial charge in [-0.25, -0.2) is 0 Å². The highest BCUT2D eigenvalue weighted by Crippen LogP contribution is 2.28. The van der Waals surface area contributed by atoms with Crippen LogP contribution in [0.3, 0.4) is 0 Å². The minimum atomic E-state index is 0.160. The summed E-state index contributed by atoms with van der Waals surface area (Å²) < 4.78 is 5.53. The molecule has 18 heavy (non-hydrogen) atoms. The summed E-state index contributed by atoms with van der Waals surface area (Å²) in [4.78, 5) is 14.6. The zero-order chi connectivity index (χ0) is 13.1. The maximum atomic E-state index is 12.6. The second kappa shape index (κ2) is 6.02. The third-order valence-electron chi connectivity index (χ3n) is 4.08. The normalized spacial score (nSPS) is 33.1. The topological polar surface area (TPSA) is 55.6 Å². The van der Waals surface area contributed by atoms with Crippen molar-refractivity contribution in [2.45, 2.75) is 51.6 Å². The predicted octanol–water partition coefficient (Wildman–Crippen LogP) is 1.39. The Labute approximate surface area is 110 Å². The molecule has 1 amide bonds. The van der Waals surface area contributed by atoms with Crippen molar-refractivity contribution < 1.29 is 9.53 Å². The molecule has 1 saturated carbocycles. The van der Waals surface area contributed by atoms with Crippen LogP contribution in [0.2, 0.25) is 0 Å². The van der Waals surface area contributed by atoms with E-state index in [0.29, 0.717) is 25.0 Å². The Morgan fingerprint density at radius 2 is 2.22 bits per heavy atom. The van der Waals surface area contributed by atoms with Gasteiger partial charge in [-0.05, 0) is 31.6 Å². The fraction of sp³-hybridized carbons (Fsp3) is 0.929. The zero-order valence-corrected chi connectivity index (χ0v) is 11.6. The summed E-state index contributed by atoms with van der Waals surface area (Å²) in [5, 5.41) is 0. The molecule has 3 atom stereocenters. The molecule has 0 aromatic rings. The standard InChI is InChI=1S/C14H26N2O2/c1-10(2)7-13-9-18-6-5-16(13)14(17)11-3-4-12(15)8-11/h10-13H,3-9,15H2,1-2H3/t11-,12-,13-/m1/s1. The van der Waals surface area contributed by atoms with Crippen LogP contribution >= 0.6 is 0 Å². The average Bonchev–Trinajstić information content (AvgIpc) is 2.75. The van der Waals surface area contributed by atoms with Crippen LogP contribution in [-0.2, 0) is 9.53 Å². The Bertz CT molecular complexity index is 294. The molecule has 1 aliphatic heterocycles. The highest BCUT2D eigenvalue weighted by molar-refractivity contribution is 5.79. The number of ether oxygens (including phenoxy) is 1. The zero-order valence-electron chi connectivity index (χ0n) is 11.6. The second-order valence-electron chi connectivity index (χ2n) is 6.16. The van der Waals surface area contributed by atoms with Crippen molar-refractivity contribution >= 4 is 5.91 Å². The van der Waals surface area contributed by atoms with Crippen LogP contribution in [0.1, 0.15) is 39.5 Å². The van der Waals surface area contributed by atoms with E-state index < -0.39 is 0 Å². The van der Waals surface area contributed by atoms with Gasteiger partial charge in [-0.1, -0.05) is 13.8 Å². The quantitative estimate of drug-likeness (QED) is 0.828. The number of rotatable bonds is 3. The van der Waals surface area contributed by atoms with E-state index in [0.717, 1.165) is 32.2 Å². The number of amides is 1. The molecule has 0 aromatic carbocycles. The lowest BCUT2D eigenvalue weighted by atomic mass is 9.99. The van der Waals surface area contributed by atoms with Crippen LogP contribution in [-0.4, -0.2) is 42.6 Å². The van der Waals surface area contributed by atoms with Crippen LogP contribution in [0.5, 0.6) is 0 Å². The highest BCUT2D eigenvalue weighted by Gasteiger charge is 2.35. The first-order valence-corrected chi connectivity index (χ1v) is 7.21. The second-order valence-corrected chi connectivity index (χ2v) is 6.16. The summed E-state index contributed by atoms with van der Waals surface area (Å²) in [7, 11) is 0. The van der Waals surface area contributed by atoms with Gasteiger partial charge in [0.15, 0.2) is 0 Å². The van der Waals surface area contributed by atoms with E-state index in [1.54, 1.807) is 0 Å². The van der Waals surface area contributed by atoms with Gasteiger partial charge in [-0.3, -0.25) is 4.79 Å². The monoisotopic (exact) mass is 254 g/mol. The molecule has 2 rings (SSSR count). The maximum absolute atomic E-state index is 12.6. The molecule has 4 heteroatoms. The molecule has 1 heterocycles. The van der Waals surface area contributed by atoms with Gasteiger partial charge in [0.25, 0.3) is 0 Å². The van der Waals surface area contributed by atoms with E-state index in [2.05, 4.69) is 18.7 Å². The van der Waals surface area contributed by atoms with Crippen molar-refractivity contribution in [3.8, 4) is 0 Å². The van der Waals surface area contributed by atoms with E-state index >= 15 is 0 Å². The van der Waals surface area contributed by atoms with E-state index in [4.69, 9.17) is 10.5 Å². The minimum absolute atomic E-state index is 0.160. The van der Waals surface area contributed by atoms with E-state index in [-0.39, 0.29) is 18.0 Å². The van der Waals surface area contributed by atoms with Crippen LogP contribution in [0, 0.1) is 11.8 Å². The number of nitrogens with two attached hydrogens (primary N) is 1. The Morgan fingerprint density at radius 1 is 1.44 bits per heavy atom. The molecule has 2 aliphatic rings. The largest absolute Gasteiger partial charge is 0.377 e. The Balaban J connectivity index is 1.97. The number of nitrogens with zero attached hydrogens (tertiary/aromatic N) is 1. The molecule has 1 aliphatic carbocycles. The smallest absolute Gasteiger partial charge is 0.226 e. The molecule has 2 fully saturated rings. The van der Waals surface area contributed by atoms with E-state index in [1.807, 2.05) is 0 Å². The molecule has 2 N–H and O–H groups in total. The lowest BCUT2D eigenvalue weighted by Crippen LogP contribution is -2.51. The Morgan fingerprint density at radius 3 is 2.83 bits per heavy atom. The number of hydrogen-bond acceptors (Lipinski definition) is 3. The first-order valence-electron chi connectivity index (χ1n) is 7.21. The van der Waals surface area contributed by atoms with Crippen molar-refractivity contribution in [2.24, 2.45) is 17.6 Å². The molecule has 0 aromatic heterocycles. The summed E-state index contributed by atoms with van der Waals surface area (Å²) in [6.45, 7) is 6.52. The van der Waals surface area contributed by atoms with Gasteiger partial charge >= 0.3 is 0 Å². The van der Waals surface area contributed by atoms with E-state index in [1.165, 1.54) is 0 Å². The van der Waals surface area contributed by atoms with Gasteiger partial charge in [-0.2, -0.15) is 0 Å². The van der Waals surface area contributed by atoms with Crippen molar-refractivity contribution in [1.29, 1.82) is 0 Å². The molecule has 104 valence electrons.